The van der Waals surface area contributed by atoms with E-state index in [0.29, 0.717) is 16.7 Å². The quantitative estimate of drug-likeness (QED) is 0.338. The molecule has 5 rings (SSSR count). The topological polar surface area (TPSA) is 74.6 Å². The predicted molar refractivity (Wildman–Crippen MR) is 119 cm³/mol. The van der Waals surface area contributed by atoms with Crippen LogP contribution in [0.5, 0.6) is 11.5 Å². The second-order valence-electron chi connectivity index (χ2n) is 7.22. The zero-order valence-corrected chi connectivity index (χ0v) is 17.8. The fourth-order valence-corrected chi connectivity index (χ4v) is 5.56. The van der Waals surface area contributed by atoms with Crippen molar-refractivity contribution in [3.63, 3.8) is 0 Å². The van der Waals surface area contributed by atoms with Gasteiger partial charge in [0, 0.05) is 32.0 Å². The first-order chi connectivity index (χ1) is 14.4. The lowest BCUT2D eigenvalue weighted by atomic mass is 9.77. The van der Waals surface area contributed by atoms with Crippen molar-refractivity contribution in [2.24, 2.45) is 0 Å². The first kappa shape index (κ1) is 18.8. The van der Waals surface area contributed by atoms with Crippen LogP contribution in [0.1, 0.15) is 43.0 Å². The molecule has 2 aromatic carbocycles. The number of benzene rings is 2. The lowest BCUT2D eigenvalue weighted by Gasteiger charge is -2.25. The number of thiophene rings is 2. The van der Waals surface area contributed by atoms with Crippen LogP contribution in [0.25, 0.3) is 20.9 Å². The summed E-state index contributed by atoms with van der Waals surface area (Å²) in [5.74, 6) is -1.39. The summed E-state index contributed by atoms with van der Waals surface area (Å²) in [6.07, 6.45) is 0. The monoisotopic (exact) mass is 432 g/mol. The molecule has 4 nitrogen and oxygen atoms in total. The SMILES string of the molecule is Cc1c(C)c(O)c2c(c1O)C(=O)c1ccc(-c3cccs3)c(-c3cccs3)c1C2=O. The molecule has 30 heavy (non-hydrogen) atoms. The van der Waals surface area contributed by atoms with Gasteiger partial charge in [-0.2, -0.15) is 0 Å². The van der Waals surface area contributed by atoms with Gasteiger partial charge in [0.1, 0.15) is 11.5 Å². The summed E-state index contributed by atoms with van der Waals surface area (Å²) in [6, 6.07) is 11.2. The molecule has 148 valence electrons. The first-order valence-corrected chi connectivity index (χ1v) is 11.1. The number of phenolic OH excluding ortho intramolecular Hbond substituents is 2. The van der Waals surface area contributed by atoms with E-state index in [1.54, 1.807) is 31.3 Å². The average Bonchev–Trinajstić information content (AvgIpc) is 3.46. The fourth-order valence-electron chi connectivity index (χ4n) is 4.01. The number of carbonyl (C=O) groups is 2. The van der Waals surface area contributed by atoms with Crippen LogP contribution in [0.4, 0.5) is 0 Å². The third-order valence-electron chi connectivity index (χ3n) is 5.68. The molecule has 2 heterocycles. The van der Waals surface area contributed by atoms with E-state index in [9.17, 15) is 19.8 Å². The highest BCUT2D eigenvalue weighted by atomic mass is 32.1. The van der Waals surface area contributed by atoms with Gasteiger partial charge in [-0.15, -0.1) is 22.7 Å². The predicted octanol–water partition coefficient (Wildman–Crippen LogP) is 5.95. The van der Waals surface area contributed by atoms with Crippen molar-refractivity contribution >= 4 is 34.2 Å². The van der Waals surface area contributed by atoms with E-state index in [2.05, 4.69) is 0 Å². The highest BCUT2D eigenvalue weighted by Crippen LogP contribution is 2.47. The number of aromatic hydroxyl groups is 2. The molecule has 0 atom stereocenters. The molecule has 0 fully saturated rings. The minimum atomic E-state index is -0.453. The molecule has 0 unspecified atom stereocenters. The Labute approximate surface area is 180 Å². The van der Waals surface area contributed by atoms with Crippen LogP contribution in [0, 0.1) is 13.8 Å². The Balaban J connectivity index is 1.90. The molecule has 0 radical (unpaired) electrons. The molecular formula is C24H16O4S2. The summed E-state index contributed by atoms with van der Waals surface area (Å²) in [4.78, 5) is 29.0. The Morgan fingerprint density at radius 2 is 1.17 bits per heavy atom. The van der Waals surface area contributed by atoms with Crippen LogP contribution < -0.4 is 0 Å². The summed E-state index contributed by atoms with van der Waals surface area (Å²) < 4.78 is 0. The molecule has 0 amide bonds. The Hall–Kier alpha value is -3.22. The molecule has 1 aliphatic carbocycles. The Kier molecular flexibility index (Phi) is 4.17. The van der Waals surface area contributed by atoms with Crippen molar-refractivity contribution in [3.05, 3.63) is 80.5 Å². The third kappa shape index (κ3) is 2.44. The molecule has 1 aliphatic rings. The standard InChI is InChI=1S/C24H16O4S2/c1-11-12(2)22(26)20-19(21(11)25)23(27)14-8-7-13(15-5-3-9-29-15)17(18(14)24(20)28)16-6-4-10-30-16/h3-10,25-26H,1-2H3. The van der Waals surface area contributed by atoms with Gasteiger partial charge in [0.25, 0.3) is 0 Å². The molecular weight excluding hydrogens is 416 g/mol. The number of hydrogen-bond donors (Lipinski definition) is 2. The highest BCUT2D eigenvalue weighted by molar-refractivity contribution is 7.14. The van der Waals surface area contributed by atoms with Gasteiger partial charge in [-0.05, 0) is 53.9 Å². The lowest BCUT2D eigenvalue weighted by molar-refractivity contribution is 0.0974. The van der Waals surface area contributed by atoms with E-state index < -0.39 is 11.6 Å². The molecule has 0 saturated carbocycles. The third-order valence-corrected chi connectivity index (χ3v) is 7.47. The number of phenols is 2. The number of hydrogen-bond acceptors (Lipinski definition) is 6. The van der Waals surface area contributed by atoms with Crippen LogP contribution >= 0.6 is 22.7 Å². The summed E-state index contributed by atoms with van der Waals surface area (Å²) in [6.45, 7) is 3.25. The number of carbonyl (C=O) groups excluding carboxylic acids is 2. The van der Waals surface area contributed by atoms with Crippen LogP contribution in [-0.2, 0) is 0 Å². The molecule has 4 aromatic rings. The number of fused-ring (bicyclic) bond motifs is 2. The fraction of sp³-hybridized carbons (Fsp3) is 0.0833. The molecule has 6 heteroatoms. The van der Waals surface area contributed by atoms with Crippen molar-refractivity contribution in [1.82, 2.24) is 0 Å². The zero-order valence-electron chi connectivity index (χ0n) is 16.1. The van der Waals surface area contributed by atoms with Gasteiger partial charge in [0.05, 0.1) is 11.1 Å². The van der Waals surface area contributed by atoms with Gasteiger partial charge in [-0.1, -0.05) is 18.2 Å². The van der Waals surface area contributed by atoms with E-state index in [1.165, 1.54) is 11.3 Å². The van der Waals surface area contributed by atoms with Gasteiger partial charge in [-0.3, -0.25) is 9.59 Å². The zero-order chi connectivity index (χ0) is 21.2. The average molecular weight is 433 g/mol. The molecule has 0 saturated heterocycles. The molecule has 2 aromatic heterocycles. The number of rotatable bonds is 2. The summed E-state index contributed by atoms with van der Waals surface area (Å²) in [5, 5.41) is 25.3. The molecule has 0 aliphatic heterocycles. The van der Waals surface area contributed by atoms with Crippen molar-refractivity contribution in [1.29, 1.82) is 0 Å². The van der Waals surface area contributed by atoms with E-state index >= 15 is 0 Å². The maximum absolute atomic E-state index is 13.7. The van der Waals surface area contributed by atoms with Gasteiger partial charge in [0.2, 0.25) is 0 Å². The maximum Gasteiger partial charge on any atom is 0.199 e. The largest absolute Gasteiger partial charge is 0.507 e. The van der Waals surface area contributed by atoms with E-state index in [1.807, 2.05) is 41.1 Å². The first-order valence-electron chi connectivity index (χ1n) is 9.31. The summed E-state index contributed by atoms with van der Waals surface area (Å²) in [5.41, 5.74) is 2.62. The van der Waals surface area contributed by atoms with Crippen molar-refractivity contribution in [2.75, 3.05) is 0 Å². The van der Waals surface area contributed by atoms with E-state index in [0.717, 1.165) is 15.3 Å². The van der Waals surface area contributed by atoms with Crippen LogP contribution in [0.15, 0.2) is 47.2 Å². The summed E-state index contributed by atoms with van der Waals surface area (Å²) in [7, 11) is 0. The maximum atomic E-state index is 13.7. The minimum Gasteiger partial charge on any atom is -0.507 e. The Morgan fingerprint density at radius 3 is 1.73 bits per heavy atom. The van der Waals surface area contributed by atoms with Gasteiger partial charge < -0.3 is 10.2 Å². The molecule has 0 spiro atoms. The van der Waals surface area contributed by atoms with Crippen molar-refractivity contribution in [2.45, 2.75) is 13.8 Å². The highest BCUT2D eigenvalue weighted by Gasteiger charge is 2.39. The van der Waals surface area contributed by atoms with Crippen molar-refractivity contribution in [3.8, 4) is 32.4 Å². The lowest BCUT2D eigenvalue weighted by Crippen LogP contribution is -2.23. The molecule has 2 N–H and O–H groups in total. The van der Waals surface area contributed by atoms with Crippen LogP contribution in [-0.4, -0.2) is 21.8 Å². The van der Waals surface area contributed by atoms with Gasteiger partial charge in [-0.25, -0.2) is 0 Å². The van der Waals surface area contributed by atoms with Gasteiger partial charge >= 0.3 is 0 Å². The van der Waals surface area contributed by atoms with Crippen LogP contribution in [0.2, 0.25) is 0 Å². The van der Waals surface area contributed by atoms with Crippen LogP contribution in [0.3, 0.4) is 0 Å². The normalized spacial score (nSPS) is 12.7. The van der Waals surface area contributed by atoms with E-state index in [4.69, 9.17) is 0 Å². The Morgan fingerprint density at radius 1 is 0.633 bits per heavy atom. The summed E-state index contributed by atoms with van der Waals surface area (Å²) >= 11 is 3.04. The number of ketones is 2. The van der Waals surface area contributed by atoms with Crippen molar-refractivity contribution < 1.29 is 19.8 Å². The molecule has 0 bridgehead atoms. The second kappa shape index (κ2) is 6.65. The Bertz CT molecular complexity index is 1350. The smallest absolute Gasteiger partial charge is 0.199 e. The van der Waals surface area contributed by atoms with E-state index in [-0.39, 0.29) is 33.8 Å². The minimum absolute atomic E-state index is 0.116. The second-order valence-corrected chi connectivity index (χ2v) is 9.12. The van der Waals surface area contributed by atoms with Gasteiger partial charge in [0.15, 0.2) is 11.6 Å².